The Morgan fingerprint density at radius 1 is 1.53 bits per heavy atom. The lowest BCUT2D eigenvalue weighted by Crippen LogP contribution is -2.50. The fourth-order valence-corrected chi connectivity index (χ4v) is 1.60. The van der Waals surface area contributed by atoms with E-state index in [9.17, 15) is 22.4 Å². The number of carboxylic acids is 1. The van der Waals surface area contributed by atoms with E-state index in [2.05, 4.69) is 4.74 Å². The molecule has 2 atom stereocenters. The molecular weight excluding hydrogens is 220 g/mol. The number of rotatable bonds is 2. The molecule has 1 N–H and O–H groups in total. The second-order valence-electron chi connectivity index (χ2n) is 3.56. The lowest BCUT2D eigenvalue weighted by molar-refractivity contribution is -0.204. The Morgan fingerprint density at radius 3 is 2.53 bits per heavy atom. The summed E-state index contributed by atoms with van der Waals surface area (Å²) in [5.41, 5.74) is -2.48. The average Bonchev–Trinajstić information content (AvgIpc) is 2.06. The third-order valence-corrected chi connectivity index (χ3v) is 2.42. The highest BCUT2D eigenvalue weighted by atomic mass is 19.4. The number of aliphatic carboxylic acids is 1. The predicted molar refractivity (Wildman–Crippen MR) is 41.1 cm³/mol. The van der Waals surface area contributed by atoms with E-state index >= 15 is 0 Å². The largest absolute Gasteiger partial charge is 0.481 e. The minimum Gasteiger partial charge on any atom is -0.481 e. The maximum absolute atomic E-state index is 13.3. The van der Waals surface area contributed by atoms with Crippen molar-refractivity contribution in [2.24, 2.45) is 5.41 Å². The van der Waals surface area contributed by atoms with E-state index in [1.807, 2.05) is 0 Å². The molecule has 0 aliphatic carbocycles. The molecule has 88 valence electrons. The van der Waals surface area contributed by atoms with Gasteiger partial charge >= 0.3 is 12.1 Å². The van der Waals surface area contributed by atoms with E-state index in [1.165, 1.54) is 0 Å². The van der Waals surface area contributed by atoms with Gasteiger partial charge in [-0.25, -0.2) is 4.39 Å². The highest BCUT2D eigenvalue weighted by molar-refractivity contribution is 5.76. The van der Waals surface area contributed by atoms with Crippen molar-refractivity contribution in [3.8, 4) is 0 Å². The van der Waals surface area contributed by atoms with Crippen molar-refractivity contribution in [1.82, 2.24) is 0 Å². The van der Waals surface area contributed by atoms with Crippen molar-refractivity contribution in [3.05, 3.63) is 0 Å². The van der Waals surface area contributed by atoms with Crippen LogP contribution >= 0.6 is 0 Å². The van der Waals surface area contributed by atoms with Crippen LogP contribution in [0.2, 0.25) is 0 Å². The van der Waals surface area contributed by atoms with Crippen molar-refractivity contribution in [2.75, 3.05) is 13.2 Å². The fraction of sp³-hybridized carbons (Fsp3) is 0.875. The van der Waals surface area contributed by atoms with E-state index in [0.717, 1.165) is 0 Å². The van der Waals surface area contributed by atoms with Crippen LogP contribution in [0.5, 0.6) is 0 Å². The maximum atomic E-state index is 13.3. The van der Waals surface area contributed by atoms with Crippen molar-refractivity contribution in [2.45, 2.75) is 25.2 Å². The zero-order chi connectivity index (χ0) is 11.7. The van der Waals surface area contributed by atoms with Crippen LogP contribution < -0.4 is 0 Å². The number of hydrogen-bond donors (Lipinski definition) is 1. The molecular formula is C8H10F4O3. The molecule has 1 heterocycles. The SMILES string of the molecule is O=C(O)C1(CC(F)(F)F)COCCC1F. The molecule has 1 aliphatic heterocycles. The van der Waals surface area contributed by atoms with E-state index < -0.39 is 36.8 Å². The highest BCUT2D eigenvalue weighted by Crippen LogP contribution is 2.41. The Morgan fingerprint density at radius 2 is 2.13 bits per heavy atom. The standard InChI is InChI=1S/C8H10F4O3/c9-5-1-2-15-4-7(5,6(13)14)3-8(10,11)12/h5H,1-4H2,(H,13,14). The molecule has 1 fully saturated rings. The quantitative estimate of drug-likeness (QED) is 0.735. The molecule has 0 spiro atoms. The van der Waals surface area contributed by atoms with E-state index in [1.54, 1.807) is 0 Å². The molecule has 1 aliphatic rings. The van der Waals surface area contributed by atoms with Crippen LogP contribution in [-0.4, -0.2) is 36.6 Å². The molecule has 3 nitrogen and oxygen atoms in total. The van der Waals surface area contributed by atoms with Gasteiger partial charge in [0, 0.05) is 13.0 Å². The third kappa shape index (κ3) is 2.58. The maximum Gasteiger partial charge on any atom is 0.390 e. The molecule has 1 rings (SSSR count). The first-order valence-electron chi connectivity index (χ1n) is 4.30. The lowest BCUT2D eigenvalue weighted by Gasteiger charge is -2.36. The Bertz CT molecular complexity index is 253. The van der Waals surface area contributed by atoms with Gasteiger partial charge in [0.15, 0.2) is 0 Å². The van der Waals surface area contributed by atoms with Gasteiger partial charge in [-0.05, 0) is 0 Å². The first-order valence-corrected chi connectivity index (χ1v) is 4.30. The van der Waals surface area contributed by atoms with Gasteiger partial charge in [-0.2, -0.15) is 13.2 Å². The average molecular weight is 230 g/mol. The van der Waals surface area contributed by atoms with Crippen molar-refractivity contribution >= 4 is 5.97 Å². The molecule has 2 unspecified atom stereocenters. The minimum atomic E-state index is -4.72. The normalized spacial score (nSPS) is 32.7. The molecule has 0 bridgehead atoms. The van der Waals surface area contributed by atoms with E-state index in [-0.39, 0.29) is 13.0 Å². The number of carboxylic acid groups (broad SMARTS) is 1. The van der Waals surface area contributed by atoms with Gasteiger partial charge in [0.1, 0.15) is 11.6 Å². The van der Waals surface area contributed by atoms with E-state index in [4.69, 9.17) is 5.11 Å². The van der Waals surface area contributed by atoms with Crippen molar-refractivity contribution in [1.29, 1.82) is 0 Å². The molecule has 15 heavy (non-hydrogen) atoms. The van der Waals surface area contributed by atoms with Crippen LogP contribution in [-0.2, 0) is 9.53 Å². The molecule has 7 heteroatoms. The molecule has 0 amide bonds. The van der Waals surface area contributed by atoms with Gasteiger partial charge in [-0.1, -0.05) is 0 Å². The fourth-order valence-electron chi connectivity index (χ4n) is 1.60. The molecule has 0 saturated carbocycles. The van der Waals surface area contributed by atoms with Crippen LogP contribution in [0.1, 0.15) is 12.8 Å². The highest BCUT2D eigenvalue weighted by Gasteiger charge is 2.55. The Labute approximate surface area is 83.0 Å². The summed E-state index contributed by atoms with van der Waals surface area (Å²) in [6.07, 6.45) is -8.76. The van der Waals surface area contributed by atoms with Gasteiger partial charge in [-0.3, -0.25) is 4.79 Å². The minimum absolute atomic E-state index is 0.0476. The molecule has 0 aromatic heterocycles. The van der Waals surface area contributed by atoms with Crippen LogP contribution in [0.4, 0.5) is 17.6 Å². The number of alkyl halides is 4. The van der Waals surface area contributed by atoms with Crippen LogP contribution in [0.25, 0.3) is 0 Å². The first kappa shape index (κ1) is 12.2. The monoisotopic (exact) mass is 230 g/mol. The van der Waals surface area contributed by atoms with Gasteiger partial charge < -0.3 is 9.84 Å². The number of halogens is 4. The number of hydrogen-bond acceptors (Lipinski definition) is 2. The summed E-state index contributed by atoms with van der Waals surface area (Å²) in [7, 11) is 0. The first-order chi connectivity index (χ1) is 6.78. The Balaban J connectivity index is 2.91. The summed E-state index contributed by atoms with van der Waals surface area (Å²) in [5, 5.41) is 8.70. The molecule has 1 saturated heterocycles. The van der Waals surface area contributed by atoms with Gasteiger partial charge in [0.25, 0.3) is 0 Å². The van der Waals surface area contributed by atoms with Crippen molar-refractivity contribution in [3.63, 3.8) is 0 Å². The third-order valence-electron chi connectivity index (χ3n) is 2.42. The van der Waals surface area contributed by atoms with Crippen molar-refractivity contribution < 1.29 is 32.2 Å². The summed E-state index contributed by atoms with van der Waals surface area (Å²) in [4.78, 5) is 10.7. The van der Waals surface area contributed by atoms with E-state index in [0.29, 0.717) is 0 Å². The second kappa shape index (κ2) is 3.96. The van der Waals surface area contributed by atoms with Crippen LogP contribution in [0, 0.1) is 5.41 Å². The summed E-state index contributed by atoms with van der Waals surface area (Å²) < 4.78 is 54.4. The summed E-state index contributed by atoms with van der Waals surface area (Å²) in [6.45, 7) is -0.781. The van der Waals surface area contributed by atoms with Gasteiger partial charge in [0.2, 0.25) is 0 Å². The number of ether oxygens (including phenoxy) is 1. The van der Waals surface area contributed by atoms with Gasteiger partial charge in [0.05, 0.1) is 13.0 Å². The van der Waals surface area contributed by atoms with Crippen LogP contribution in [0.15, 0.2) is 0 Å². The molecule has 0 radical (unpaired) electrons. The lowest BCUT2D eigenvalue weighted by atomic mass is 9.77. The zero-order valence-corrected chi connectivity index (χ0v) is 7.68. The summed E-state index contributed by atoms with van der Waals surface area (Å²) in [6, 6.07) is 0. The topological polar surface area (TPSA) is 46.5 Å². The smallest absolute Gasteiger partial charge is 0.390 e. The molecule has 0 aromatic rings. The predicted octanol–water partition coefficient (Wildman–Crippen LogP) is 1.77. The van der Waals surface area contributed by atoms with Gasteiger partial charge in [-0.15, -0.1) is 0 Å². The summed E-state index contributed by atoms with van der Waals surface area (Å²) in [5.74, 6) is -1.80. The Kier molecular flexibility index (Phi) is 3.22. The Hall–Kier alpha value is -0.850. The second-order valence-corrected chi connectivity index (χ2v) is 3.56. The molecule has 0 aromatic carbocycles. The summed E-state index contributed by atoms with van der Waals surface area (Å²) >= 11 is 0. The number of carbonyl (C=O) groups is 1. The zero-order valence-electron chi connectivity index (χ0n) is 7.68. The van der Waals surface area contributed by atoms with Crippen LogP contribution in [0.3, 0.4) is 0 Å².